The van der Waals surface area contributed by atoms with E-state index in [2.05, 4.69) is 55.5 Å². The first-order chi connectivity index (χ1) is 9.50. The van der Waals surface area contributed by atoms with Gasteiger partial charge in [0.15, 0.2) is 0 Å². The molecule has 0 amide bonds. The Labute approximate surface area is 130 Å². The Hall–Kier alpha value is -0.710. The molecule has 1 atom stereocenters. The number of nitrogens with zero attached hydrogens (tertiary/aromatic N) is 1. The number of thiazole rings is 1. The SMILES string of the molecule is CCCC(NCc1cnc(C(C)(C)C)s1)c1cccs1. The van der Waals surface area contributed by atoms with Gasteiger partial charge in [-0.1, -0.05) is 40.2 Å². The van der Waals surface area contributed by atoms with Crippen LogP contribution < -0.4 is 5.32 Å². The molecule has 0 fully saturated rings. The van der Waals surface area contributed by atoms with E-state index >= 15 is 0 Å². The molecule has 2 aromatic rings. The molecule has 2 heterocycles. The van der Waals surface area contributed by atoms with Crippen molar-refractivity contribution in [1.29, 1.82) is 0 Å². The molecule has 4 heteroatoms. The summed E-state index contributed by atoms with van der Waals surface area (Å²) in [6, 6.07) is 4.83. The van der Waals surface area contributed by atoms with E-state index in [-0.39, 0.29) is 5.41 Å². The average molecular weight is 309 g/mol. The third-order valence-electron chi connectivity index (χ3n) is 3.18. The molecule has 0 spiro atoms. The summed E-state index contributed by atoms with van der Waals surface area (Å²) >= 11 is 3.67. The van der Waals surface area contributed by atoms with E-state index in [1.54, 1.807) is 0 Å². The van der Waals surface area contributed by atoms with Gasteiger partial charge in [-0.15, -0.1) is 22.7 Å². The molecular formula is C16H24N2S2. The van der Waals surface area contributed by atoms with Crippen LogP contribution in [0.4, 0.5) is 0 Å². The van der Waals surface area contributed by atoms with Gasteiger partial charge in [0.1, 0.15) is 0 Å². The molecule has 0 aliphatic heterocycles. The third kappa shape index (κ3) is 4.14. The fourth-order valence-electron chi connectivity index (χ4n) is 2.08. The zero-order valence-corrected chi connectivity index (χ0v) is 14.4. The van der Waals surface area contributed by atoms with Gasteiger partial charge in [-0.25, -0.2) is 4.98 Å². The number of nitrogens with one attached hydrogen (secondary N) is 1. The summed E-state index contributed by atoms with van der Waals surface area (Å²) in [6.45, 7) is 9.81. The van der Waals surface area contributed by atoms with Crippen molar-refractivity contribution in [1.82, 2.24) is 10.3 Å². The summed E-state index contributed by atoms with van der Waals surface area (Å²) in [7, 11) is 0. The topological polar surface area (TPSA) is 24.9 Å². The first kappa shape index (κ1) is 15.7. The van der Waals surface area contributed by atoms with Crippen molar-refractivity contribution in [2.45, 2.75) is 58.5 Å². The molecule has 0 radical (unpaired) electrons. The van der Waals surface area contributed by atoms with Gasteiger partial charge in [0, 0.05) is 34.0 Å². The molecule has 20 heavy (non-hydrogen) atoms. The number of thiophene rings is 1. The van der Waals surface area contributed by atoms with Crippen LogP contribution in [0.3, 0.4) is 0 Å². The fraction of sp³-hybridized carbons (Fsp3) is 0.562. The molecule has 0 bridgehead atoms. The molecular weight excluding hydrogens is 284 g/mol. The van der Waals surface area contributed by atoms with Crippen molar-refractivity contribution < 1.29 is 0 Å². The van der Waals surface area contributed by atoms with Gasteiger partial charge in [-0.05, 0) is 17.9 Å². The van der Waals surface area contributed by atoms with E-state index in [1.807, 2.05) is 28.9 Å². The van der Waals surface area contributed by atoms with Crippen LogP contribution in [-0.2, 0) is 12.0 Å². The molecule has 2 rings (SSSR count). The smallest absolute Gasteiger partial charge is 0.0981 e. The highest BCUT2D eigenvalue weighted by molar-refractivity contribution is 7.11. The molecule has 0 aromatic carbocycles. The summed E-state index contributed by atoms with van der Waals surface area (Å²) < 4.78 is 0. The van der Waals surface area contributed by atoms with Gasteiger partial charge in [-0.2, -0.15) is 0 Å². The van der Waals surface area contributed by atoms with Gasteiger partial charge in [0.25, 0.3) is 0 Å². The van der Waals surface area contributed by atoms with E-state index in [9.17, 15) is 0 Å². The van der Waals surface area contributed by atoms with E-state index in [0.29, 0.717) is 6.04 Å². The minimum absolute atomic E-state index is 0.152. The van der Waals surface area contributed by atoms with Crippen LogP contribution in [0.2, 0.25) is 0 Å². The minimum Gasteiger partial charge on any atom is -0.304 e. The van der Waals surface area contributed by atoms with Gasteiger partial charge in [-0.3, -0.25) is 0 Å². The monoisotopic (exact) mass is 308 g/mol. The Morgan fingerprint density at radius 3 is 2.70 bits per heavy atom. The largest absolute Gasteiger partial charge is 0.304 e. The summed E-state index contributed by atoms with van der Waals surface area (Å²) in [5.74, 6) is 0. The summed E-state index contributed by atoms with van der Waals surface area (Å²) in [5.41, 5.74) is 0.152. The number of aromatic nitrogens is 1. The molecule has 2 nitrogen and oxygen atoms in total. The standard InChI is InChI=1S/C16H24N2S2/c1-5-7-13(14-8-6-9-19-14)17-10-12-11-18-15(20-12)16(2,3)4/h6,8-9,11,13,17H,5,7,10H2,1-4H3. The van der Waals surface area contributed by atoms with E-state index < -0.39 is 0 Å². The lowest BCUT2D eigenvalue weighted by Gasteiger charge is -2.16. The molecule has 0 aliphatic rings. The molecule has 0 saturated heterocycles. The average Bonchev–Trinajstić information content (AvgIpc) is 3.04. The zero-order valence-electron chi connectivity index (χ0n) is 12.8. The Balaban J connectivity index is 1.97. The maximum atomic E-state index is 4.56. The molecule has 110 valence electrons. The van der Waals surface area contributed by atoms with E-state index in [4.69, 9.17) is 0 Å². The quantitative estimate of drug-likeness (QED) is 0.800. The van der Waals surface area contributed by atoms with Crippen molar-refractivity contribution >= 4 is 22.7 Å². The van der Waals surface area contributed by atoms with Crippen molar-refractivity contribution in [2.75, 3.05) is 0 Å². The number of rotatable bonds is 6. The molecule has 2 aromatic heterocycles. The van der Waals surface area contributed by atoms with Crippen molar-refractivity contribution in [3.05, 3.63) is 38.5 Å². The molecule has 1 N–H and O–H groups in total. The normalized spacial score (nSPS) is 13.6. The second-order valence-electron chi connectivity index (χ2n) is 6.12. The number of hydrogen-bond donors (Lipinski definition) is 1. The van der Waals surface area contributed by atoms with E-state index in [0.717, 1.165) is 6.54 Å². The van der Waals surface area contributed by atoms with Crippen LogP contribution >= 0.6 is 22.7 Å². The third-order valence-corrected chi connectivity index (χ3v) is 5.59. The lowest BCUT2D eigenvalue weighted by molar-refractivity contribution is 0.503. The van der Waals surface area contributed by atoms with Crippen LogP contribution in [0.1, 0.15) is 61.3 Å². The summed E-state index contributed by atoms with van der Waals surface area (Å²) in [4.78, 5) is 7.32. The lowest BCUT2D eigenvalue weighted by Crippen LogP contribution is -2.19. The van der Waals surface area contributed by atoms with Crippen LogP contribution in [-0.4, -0.2) is 4.98 Å². The summed E-state index contributed by atoms with van der Waals surface area (Å²) in [6.07, 6.45) is 4.41. The molecule has 0 aliphatic carbocycles. The second-order valence-corrected chi connectivity index (χ2v) is 8.21. The first-order valence-corrected chi connectivity index (χ1v) is 8.92. The second kappa shape index (κ2) is 6.83. The van der Waals surface area contributed by atoms with Crippen LogP contribution in [0.15, 0.2) is 23.7 Å². The van der Waals surface area contributed by atoms with Gasteiger partial charge < -0.3 is 5.32 Å². The molecule has 0 saturated carbocycles. The van der Waals surface area contributed by atoms with Gasteiger partial charge >= 0.3 is 0 Å². The lowest BCUT2D eigenvalue weighted by atomic mass is 9.98. The van der Waals surface area contributed by atoms with E-state index in [1.165, 1.54) is 27.6 Å². The van der Waals surface area contributed by atoms with Gasteiger partial charge in [0.2, 0.25) is 0 Å². The zero-order chi connectivity index (χ0) is 14.6. The first-order valence-electron chi connectivity index (χ1n) is 7.22. The minimum atomic E-state index is 0.152. The fourth-order valence-corrected chi connectivity index (χ4v) is 3.84. The van der Waals surface area contributed by atoms with Crippen LogP contribution in [0.25, 0.3) is 0 Å². The molecule has 1 unspecified atom stereocenters. The number of hydrogen-bond acceptors (Lipinski definition) is 4. The predicted octanol–water partition coefficient (Wildman–Crippen LogP) is 5.13. The van der Waals surface area contributed by atoms with Crippen LogP contribution in [0.5, 0.6) is 0 Å². The Morgan fingerprint density at radius 1 is 1.35 bits per heavy atom. The Kier molecular flexibility index (Phi) is 5.35. The Bertz CT molecular complexity index is 509. The predicted molar refractivity (Wildman–Crippen MR) is 89.6 cm³/mol. The highest BCUT2D eigenvalue weighted by atomic mass is 32.1. The van der Waals surface area contributed by atoms with Gasteiger partial charge in [0.05, 0.1) is 5.01 Å². The highest BCUT2D eigenvalue weighted by Crippen LogP contribution is 2.28. The van der Waals surface area contributed by atoms with Crippen molar-refractivity contribution in [3.8, 4) is 0 Å². The Morgan fingerprint density at radius 2 is 2.15 bits per heavy atom. The summed E-state index contributed by atoms with van der Waals surface area (Å²) in [5, 5.41) is 7.06. The van der Waals surface area contributed by atoms with Crippen molar-refractivity contribution in [2.24, 2.45) is 0 Å². The maximum Gasteiger partial charge on any atom is 0.0981 e. The highest BCUT2D eigenvalue weighted by Gasteiger charge is 2.18. The van der Waals surface area contributed by atoms with Crippen molar-refractivity contribution in [3.63, 3.8) is 0 Å². The van der Waals surface area contributed by atoms with Crippen LogP contribution in [0, 0.1) is 0 Å². The maximum absolute atomic E-state index is 4.56.